The van der Waals surface area contributed by atoms with E-state index in [-0.39, 0.29) is 6.10 Å². The first-order valence-electron chi connectivity index (χ1n) is 5.81. The van der Waals surface area contributed by atoms with Crippen LogP contribution < -0.4 is 0 Å². The van der Waals surface area contributed by atoms with Crippen molar-refractivity contribution in [2.45, 2.75) is 32.4 Å². The lowest BCUT2D eigenvalue weighted by atomic mass is 10.0. The van der Waals surface area contributed by atoms with Crippen LogP contribution in [-0.2, 0) is 6.54 Å². The van der Waals surface area contributed by atoms with Gasteiger partial charge in [-0.05, 0) is 43.5 Å². The van der Waals surface area contributed by atoms with Crippen LogP contribution in [-0.4, -0.2) is 29.2 Å². The highest BCUT2D eigenvalue weighted by atomic mass is 35.5. The van der Waals surface area contributed by atoms with Gasteiger partial charge in [-0.25, -0.2) is 0 Å². The Labute approximate surface area is 102 Å². The van der Waals surface area contributed by atoms with Gasteiger partial charge < -0.3 is 5.11 Å². The number of likely N-dealkylation sites (tertiary alicyclic amines) is 1. The Kier molecular flexibility index (Phi) is 3.85. The van der Waals surface area contributed by atoms with Gasteiger partial charge in [0, 0.05) is 18.1 Å². The molecule has 0 spiro atoms. The summed E-state index contributed by atoms with van der Waals surface area (Å²) in [5, 5.41) is 10.5. The van der Waals surface area contributed by atoms with E-state index in [1.165, 1.54) is 11.1 Å². The first-order valence-corrected chi connectivity index (χ1v) is 6.19. The third-order valence-electron chi connectivity index (χ3n) is 3.22. The smallest absolute Gasteiger partial charge is 0.0667 e. The molecule has 1 aliphatic heterocycles. The number of nitrogens with zero attached hydrogens (tertiary/aromatic N) is 1. The van der Waals surface area contributed by atoms with Gasteiger partial charge in [-0.2, -0.15) is 0 Å². The molecule has 0 unspecified atom stereocenters. The minimum atomic E-state index is -0.170. The molecule has 0 radical (unpaired) electrons. The zero-order valence-electron chi connectivity index (χ0n) is 9.62. The van der Waals surface area contributed by atoms with E-state index in [0.717, 1.165) is 37.5 Å². The lowest BCUT2D eigenvalue weighted by Gasteiger charge is -2.30. The number of hydrogen-bond acceptors (Lipinski definition) is 2. The van der Waals surface area contributed by atoms with Crippen molar-refractivity contribution in [2.24, 2.45) is 0 Å². The Morgan fingerprint density at radius 3 is 3.00 bits per heavy atom. The Morgan fingerprint density at radius 1 is 1.50 bits per heavy atom. The molecular weight excluding hydrogens is 222 g/mol. The fourth-order valence-corrected chi connectivity index (χ4v) is 2.55. The maximum atomic E-state index is 9.62. The van der Waals surface area contributed by atoms with Crippen LogP contribution in [0.15, 0.2) is 18.2 Å². The average molecular weight is 240 g/mol. The summed E-state index contributed by atoms with van der Waals surface area (Å²) < 4.78 is 0. The van der Waals surface area contributed by atoms with E-state index in [4.69, 9.17) is 11.6 Å². The number of aryl methyl sites for hydroxylation is 1. The van der Waals surface area contributed by atoms with E-state index in [9.17, 15) is 5.11 Å². The van der Waals surface area contributed by atoms with Crippen LogP contribution in [0.3, 0.4) is 0 Å². The third-order valence-corrected chi connectivity index (χ3v) is 3.57. The molecule has 0 aromatic heterocycles. The first-order chi connectivity index (χ1) is 7.66. The second-order valence-corrected chi connectivity index (χ2v) is 4.97. The van der Waals surface area contributed by atoms with Gasteiger partial charge in [0.15, 0.2) is 0 Å². The van der Waals surface area contributed by atoms with Crippen molar-refractivity contribution in [3.63, 3.8) is 0 Å². The van der Waals surface area contributed by atoms with E-state index in [1.807, 2.05) is 12.1 Å². The van der Waals surface area contributed by atoms with Crippen molar-refractivity contribution >= 4 is 11.6 Å². The maximum absolute atomic E-state index is 9.62. The lowest BCUT2D eigenvalue weighted by molar-refractivity contribution is 0.0667. The number of piperidine rings is 1. The Hall–Kier alpha value is -0.570. The van der Waals surface area contributed by atoms with Gasteiger partial charge >= 0.3 is 0 Å². The summed E-state index contributed by atoms with van der Waals surface area (Å²) in [6.07, 6.45) is 1.83. The molecule has 0 saturated carbocycles. The van der Waals surface area contributed by atoms with E-state index in [0.29, 0.717) is 0 Å². The van der Waals surface area contributed by atoms with Gasteiger partial charge in [-0.15, -0.1) is 0 Å². The van der Waals surface area contributed by atoms with Gasteiger partial charge in [0.25, 0.3) is 0 Å². The molecule has 1 aromatic carbocycles. The van der Waals surface area contributed by atoms with Gasteiger partial charge in [0.2, 0.25) is 0 Å². The molecule has 1 atom stereocenters. The van der Waals surface area contributed by atoms with E-state index in [2.05, 4.69) is 17.9 Å². The molecule has 2 nitrogen and oxygen atoms in total. The van der Waals surface area contributed by atoms with Crippen LogP contribution in [0.25, 0.3) is 0 Å². The molecule has 3 heteroatoms. The monoisotopic (exact) mass is 239 g/mol. The fraction of sp³-hybridized carbons (Fsp3) is 0.538. The molecule has 88 valence electrons. The zero-order valence-corrected chi connectivity index (χ0v) is 10.4. The molecule has 1 heterocycles. The highest BCUT2D eigenvalue weighted by Gasteiger charge is 2.18. The summed E-state index contributed by atoms with van der Waals surface area (Å²) in [7, 11) is 0. The number of aliphatic hydroxyl groups excluding tert-OH is 1. The molecule has 0 aliphatic carbocycles. The summed E-state index contributed by atoms with van der Waals surface area (Å²) in [4.78, 5) is 2.28. The summed E-state index contributed by atoms with van der Waals surface area (Å²) in [5.74, 6) is 0. The lowest BCUT2D eigenvalue weighted by Crippen LogP contribution is -2.37. The highest BCUT2D eigenvalue weighted by molar-refractivity contribution is 6.31. The van der Waals surface area contributed by atoms with Crippen LogP contribution in [0, 0.1) is 6.92 Å². The van der Waals surface area contributed by atoms with Gasteiger partial charge in [-0.3, -0.25) is 4.90 Å². The quantitative estimate of drug-likeness (QED) is 0.858. The molecule has 1 saturated heterocycles. The number of rotatable bonds is 2. The Morgan fingerprint density at radius 2 is 2.31 bits per heavy atom. The molecule has 1 N–H and O–H groups in total. The van der Waals surface area contributed by atoms with Crippen LogP contribution in [0.1, 0.15) is 24.0 Å². The molecule has 1 fully saturated rings. The second-order valence-electron chi connectivity index (χ2n) is 4.57. The fourth-order valence-electron chi connectivity index (χ4n) is 2.27. The molecule has 16 heavy (non-hydrogen) atoms. The summed E-state index contributed by atoms with van der Waals surface area (Å²) in [5.41, 5.74) is 2.42. The van der Waals surface area contributed by atoms with Crippen LogP contribution in [0.5, 0.6) is 0 Å². The van der Waals surface area contributed by atoms with Crippen molar-refractivity contribution in [3.8, 4) is 0 Å². The Bertz CT molecular complexity index is 347. The summed E-state index contributed by atoms with van der Waals surface area (Å²) in [6.45, 7) is 4.76. The number of β-amino-alcohol motifs (C(OH)–C–C–N with tert-alkyl or cyclic N) is 1. The standard InChI is InChI=1S/C13H18ClNO/c1-10-4-2-6-13(14)12(10)9-15-7-3-5-11(16)8-15/h2,4,6,11,16H,3,5,7-9H2,1H3/t11-/m0/s1. The van der Waals surface area contributed by atoms with Gasteiger partial charge in [0.1, 0.15) is 0 Å². The molecule has 1 aliphatic rings. The van der Waals surface area contributed by atoms with Crippen LogP contribution in [0.2, 0.25) is 5.02 Å². The number of benzene rings is 1. The van der Waals surface area contributed by atoms with Crippen molar-refractivity contribution in [2.75, 3.05) is 13.1 Å². The molecule has 1 aromatic rings. The van der Waals surface area contributed by atoms with Gasteiger partial charge in [-0.1, -0.05) is 23.7 Å². The topological polar surface area (TPSA) is 23.5 Å². The van der Waals surface area contributed by atoms with Crippen molar-refractivity contribution in [1.29, 1.82) is 0 Å². The van der Waals surface area contributed by atoms with Crippen LogP contribution >= 0.6 is 11.6 Å². The molecule has 2 rings (SSSR count). The summed E-state index contributed by atoms with van der Waals surface area (Å²) in [6, 6.07) is 6.00. The van der Waals surface area contributed by atoms with E-state index < -0.39 is 0 Å². The third kappa shape index (κ3) is 2.76. The summed E-state index contributed by atoms with van der Waals surface area (Å²) >= 11 is 6.20. The minimum absolute atomic E-state index is 0.170. The number of aliphatic hydroxyl groups is 1. The average Bonchev–Trinajstić information content (AvgIpc) is 2.24. The van der Waals surface area contributed by atoms with Gasteiger partial charge in [0.05, 0.1) is 6.10 Å². The first kappa shape index (κ1) is 11.9. The van der Waals surface area contributed by atoms with E-state index in [1.54, 1.807) is 0 Å². The predicted molar refractivity (Wildman–Crippen MR) is 66.7 cm³/mol. The molecule has 0 amide bonds. The zero-order chi connectivity index (χ0) is 11.5. The maximum Gasteiger partial charge on any atom is 0.0667 e. The largest absolute Gasteiger partial charge is 0.392 e. The van der Waals surface area contributed by atoms with Crippen LogP contribution in [0.4, 0.5) is 0 Å². The molecular formula is C13H18ClNO. The second kappa shape index (κ2) is 5.17. The molecule has 0 bridgehead atoms. The Balaban J connectivity index is 2.08. The van der Waals surface area contributed by atoms with Crippen molar-refractivity contribution in [1.82, 2.24) is 4.90 Å². The minimum Gasteiger partial charge on any atom is -0.392 e. The van der Waals surface area contributed by atoms with E-state index >= 15 is 0 Å². The number of halogens is 1. The van der Waals surface area contributed by atoms with Crippen molar-refractivity contribution in [3.05, 3.63) is 34.3 Å². The van der Waals surface area contributed by atoms with Crippen molar-refractivity contribution < 1.29 is 5.11 Å². The SMILES string of the molecule is Cc1cccc(Cl)c1CN1CCC[C@H](O)C1. The predicted octanol–water partition coefficient (Wildman–Crippen LogP) is 2.61. The highest BCUT2D eigenvalue weighted by Crippen LogP contribution is 2.22. The normalized spacial score (nSPS) is 22.3. The number of hydrogen-bond donors (Lipinski definition) is 1.